The van der Waals surface area contributed by atoms with Gasteiger partial charge in [0, 0.05) is 23.7 Å². The van der Waals surface area contributed by atoms with Crippen molar-refractivity contribution in [1.29, 1.82) is 0 Å². The van der Waals surface area contributed by atoms with Crippen LogP contribution in [0.2, 0.25) is 0 Å². The molecule has 39 heavy (non-hydrogen) atoms. The van der Waals surface area contributed by atoms with Crippen LogP contribution in [-0.4, -0.2) is 89.2 Å². The maximum absolute atomic E-state index is 10.3. The summed E-state index contributed by atoms with van der Waals surface area (Å²) in [7, 11) is 4.83. The van der Waals surface area contributed by atoms with E-state index in [4.69, 9.17) is 39.3 Å². The number of hydrogen-bond acceptors (Lipinski definition) is 10. The highest BCUT2D eigenvalue weighted by atomic mass is 16.5. The van der Waals surface area contributed by atoms with Crippen LogP contribution in [0.15, 0.2) is 29.4 Å². The van der Waals surface area contributed by atoms with Gasteiger partial charge in [-0.2, -0.15) is 0 Å². The molecule has 0 bridgehead atoms. The molecule has 212 valence electrons. The van der Waals surface area contributed by atoms with Crippen molar-refractivity contribution in [3.05, 3.63) is 41.1 Å². The smallest absolute Gasteiger partial charge is 0.333 e. The van der Waals surface area contributed by atoms with E-state index in [-0.39, 0.29) is 18.1 Å². The summed E-state index contributed by atoms with van der Waals surface area (Å²) in [6.07, 6.45) is 1.14. The maximum atomic E-state index is 10.3. The van der Waals surface area contributed by atoms with E-state index in [1.54, 1.807) is 33.6 Å². The van der Waals surface area contributed by atoms with Gasteiger partial charge in [0.15, 0.2) is 17.6 Å². The Bertz CT molecular complexity index is 1220. The van der Waals surface area contributed by atoms with Crippen molar-refractivity contribution in [3.63, 3.8) is 0 Å². The zero-order valence-electron chi connectivity index (χ0n) is 22.3. The molecule has 4 N–H and O–H groups in total. The predicted molar refractivity (Wildman–Crippen MR) is 139 cm³/mol. The Kier molecular flexibility index (Phi) is 10.1. The molecule has 0 amide bonds. The van der Waals surface area contributed by atoms with E-state index in [2.05, 4.69) is 4.98 Å². The number of carbonyl (C=O) groups is 2. The molecule has 0 unspecified atom stereocenters. The Hall–Kier alpha value is -3.90. The van der Waals surface area contributed by atoms with E-state index in [9.17, 15) is 14.7 Å². The minimum Gasteiger partial charge on any atom is -0.496 e. The molecule has 1 fully saturated rings. The summed E-state index contributed by atoms with van der Waals surface area (Å²) in [6, 6.07) is 5.87. The third kappa shape index (κ3) is 6.95. The molecule has 2 aliphatic rings. The summed E-state index contributed by atoms with van der Waals surface area (Å²) < 4.78 is 22.3. The van der Waals surface area contributed by atoms with Gasteiger partial charge in [-0.05, 0) is 43.9 Å². The van der Waals surface area contributed by atoms with Crippen LogP contribution < -0.4 is 18.9 Å². The van der Waals surface area contributed by atoms with Crippen molar-refractivity contribution in [2.75, 3.05) is 27.9 Å². The van der Waals surface area contributed by atoms with E-state index in [1.165, 1.54) is 0 Å². The molecular formula is C27H34N2O10. The Labute approximate surface area is 225 Å². The van der Waals surface area contributed by atoms with Crippen LogP contribution in [0, 0.1) is 0 Å². The van der Waals surface area contributed by atoms with Gasteiger partial charge in [0.05, 0.1) is 57.8 Å². The van der Waals surface area contributed by atoms with E-state index >= 15 is 0 Å². The Morgan fingerprint density at radius 1 is 1.00 bits per heavy atom. The number of aliphatic hydroxyl groups excluding tert-OH is 2. The summed E-state index contributed by atoms with van der Waals surface area (Å²) in [5.41, 5.74) is 3.69. The highest BCUT2D eigenvalue weighted by Crippen LogP contribution is 2.45. The zero-order chi connectivity index (χ0) is 28.7. The number of ether oxygens (including phenoxy) is 4. The van der Waals surface area contributed by atoms with Gasteiger partial charge >= 0.3 is 11.9 Å². The highest BCUT2D eigenvalue weighted by molar-refractivity contribution is 6.16. The summed E-state index contributed by atoms with van der Waals surface area (Å²) in [4.78, 5) is 28.9. The van der Waals surface area contributed by atoms with Gasteiger partial charge in [-0.3, -0.25) is 9.79 Å². The SMILES string of the molecule is CCOc1cc2c(cc1OC)C(c1cnc(OC)cc1OC)=N[C@@H]1CC[C@@H](O)C[C@H]21.O=C(O)C[C@@H](O)C(=O)O. The third-order valence-corrected chi connectivity index (χ3v) is 6.55. The topological polar surface area (TPSA) is 177 Å². The lowest BCUT2D eigenvalue weighted by Crippen LogP contribution is -2.34. The first-order valence-electron chi connectivity index (χ1n) is 12.4. The van der Waals surface area contributed by atoms with Gasteiger partial charge in [0.25, 0.3) is 0 Å². The molecular weight excluding hydrogens is 512 g/mol. The summed E-state index contributed by atoms with van der Waals surface area (Å²) in [5.74, 6) is -0.224. The first-order chi connectivity index (χ1) is 18.6. The summed E-state index contributed by atoms with van der Waals surface area (Å²) >= 11 is 0. The second kappa shape index (κ2) is 13.3. The molecule has 1 aliphatic heterocycles. The van der Waals surface area contributed by atoms with Crippen LogP contribution in [0.5, 0.6) is 23.1 Å². The zero-order valence-corrected chi connectivity index (χ0v) is 22.3. The molecule has 1 aromatic carbocycles. The van der Waals surface area contributed by atoms with Crippen molar-refractivity contribution in [2.24, 2.45) is 4.99 Å². The minimum atomic E-state index is -1.79. The normalized spacial score (nSPS) is 20.2. The number of hydrogen-bond donors (Lipinski definition) is 4. The van der Waals surface area contributed by atoms with E-state index in [0.29, 0.717) is 36.2 Å². The first-order valence-corrected chi connectivity index (χ1v) is 12.4. The van der Waals surface area contributed by atoms with Crippen LogP contribution in [0.4, 0.5) is 0 Å². The van der Waals surface area contributed by atoms with Gasteiger partial charge in [-0.15, -0.1) is 0 Å². The number of nitrogens with zero attached hydrogens (tertiary/aromatic N) is 2. The number of methoxy groups -OCH3 is 3. The standard InChI is InChI=1S/C23H28N2O5.C4H6O5/c1-5-30-21-9-14-15-8-13(26)6-7-18(15)25-23(16(14)10-20(21)28-3)17-12-24-22(29-4)11-19(17)27-2;5-2(4(8)9)1-3(6)7/h9-13,15,18,26H,5-8H2,1-4H3;2,5H,1H2,(H,6,7)(H,8,9)/t13-,15-,18-;2-/m11/s1. The van der Waals surface area contributed by atoms with E-state index in [0.717, 1.165) is 35.2 Å². The fourth-order valence-corrected chi connectivity index (χ4v) is 4.72. The van der Waals surface area contributed by atoms with Crippen molar-refractivity contribution in [3.8, 4) is 23.1 Å². The first kappa shape index (κ1) is 29.7. The van der Waals surface area contributed by atoms with Crippen LogP contribution in [-0.2, 0) is 9.59 Å². The molecule has 1 aromatic heterocycles. The fourth-order valence-electron chi connectivity index (χ4n) is 4.72. The number of rotatable bonds is 9. The number of carboxylic acids is 2. The number of aliphatic imine (C=N–C) groups is 1. The average Bonchev–Trinajstić information content (AvgIpc) is 2.92. The molecule has 0 radical (unpaired) electrons. The van der Waals surface area contributed by atoms with E-state index < -0.39 is 24.5 Å². The lowest BCUT2D eigenvalue weighted by molar-refractivity contribution is -0.152. The van der Waals surface area contributed by atoms with Crippen molar-refractivity contribution < 1.29 is 49.0 Å². The molecule has 4 atom stereocenters. The lowest BCUT2D eigenvalue weighted by Gasteiger charge is -2.37. The minimum absolute atomic E-state index is 0.0885. The van der Waals surface area contributed by atoms with Gasteiger partial charge < -0.3 is 39.4 Å². The largest absolute Gasteiger partial charge is 0.496 e. The summed E-state index contributed by atoms with van der Waals surface area (Å²) in [6.45, 7) is 2.50. The van der Waals surface area contributed by atoms with Gasteiger partial charge in [0.2, 0.25) is 5.88 Å². The number of aliphatic hydroxyl groups is 2. The van der Waals surface area contributed by atoms with Gasteiger partial charge in [0.1, 0.15) is 5.75 Å². The molecule has 1 saturated carbocycles. The van der Waals surface area contributed by atoms with Crippen LogP contribution >= 0.6 is 0 Å². The quantitative estimate of drug-likeness (QED) is 0.363. The number of aliphatic carboxylic acids is 2. The monoisotopic (exact) mass is 546 g/mol. The fraction of sp³-hybridized carbons (Fsp3) is 0.481. The van der Waals surface area contributed by atoms with Crippen LogP contribution in [0.25, 0.3) is 0 Å². The van der Waals surface area contributed by atoms with Gasteiger partial charge in [-0.1, -0.05) is 0 Å². The molecule has 1 aliphatic carbocycles. The Morgan fingerprint density at radius 3 is 2.28 bits per heavy atom. The second-order valence-electron chi connectivity index (χ2n) is 9.02. The number of pyridine rings is 1. The Balaban J connectivity index is 0.000000403. The molecule has 0 spiro atoms. The van der Waals surface area contributed by atoms with Gasteiger partial charge in [-0.25, -0.2) is 9.78 Å². The molecule has 12 nitrogen and oxygen atoms in total. The molecule has 4 rings (SSSR count). The third-order valence-electron chi connectivity index (χ3n) is 6.55. The van der Waals surface area contributed by atoms with E-state index in [1.807, 2.05) is 19.1 Å². The van der Waals surface area contributed by atoms with Crippen molar-refractivity contribution >= 4 is 17.7 Å². The maximum Gasteiger partial charge on any atom is 0.333 e. The number of benzene rings is 1. The lowest BCUT2D eigenvalue weighted by atomic mass is 9.74. The molecule has 12 heteroatoms. The van der Waals surface area contributed by atoms with Crippen molar-refractivity contribution in [1.82, 2.24) is 4.98 Å². The number of carboxylic acid groups (broad SMARTS) is 2. The number of aromatic nitrogens is 1. The van der Waals surface area contributed by atoms with Crippen LogP contribution in [0.3, 0.4) is 0 Å². The molecule has 0 saturated heterocycles. The number of fused-ring (bicyclic) bond motifs is 3. The Morgan fingerprint density at radius 2 is 1.72 bits per heavy atom. The predicted octanol–water partition coefficient (Wildman–Crippen LogP) is 2.26. The van der Waals surface area contributed by atoms with Crippen molar-refractivity contribution in [2.45, 2.75) is 56.8 Å². The van der Waals surface area contributed by atoms with Crippen LogP contribution in [0.1, 0.15) is 55.2 Å². The average molecular weight is 547 g/mol. The highest BCUT2D eigenvalue weighted by Gasteiger charge is 2.38. The molecule has 2 aromatic rings. The summed E-state index contributed by atoms with van der Waals surface area (Å²) in [5, 5.41) is 34.5. The second-order valence-corrected chi connectivity index (χ2v) is 9.02. The molecule has 2 heterocycles.